The Morgan fingerprint density at radius 1 is 1.50 bits per heavy atom. The molecule has 0 aliphatic rings. The predicted octanol–water partition coefficient (Wildman–Crippen LogP) is 2.75. The van der Waals surface area contributed by atoms with E-state index in [-0.39, 0.29) is 0 Å². The average Bonchev–Trinajstić information content (AvgIpc) is 2.28. The first kappa shape index (κ1) is 12.3. The number of rotatable bonds is 4. The molecule has 0 aliphatic carbocycles. The Morgan fingerprint density at radius 2 is 2.19 bits per heavy atom. The Morgan fingerprint density at radius 3 is 2.69 bits per heavy atom. The van der Waals surface area contributed by atoms with E-state index < -0.39 is 5.97 Å². The van der Waals surface area contributed by atoms with Crippen molar-refractivity contribution >= 4 is 12.0 Å². The number of aliphatic carboxylic acids is 1. The van der Waals surface area contributed by atoms with Gasteiger partial charge in [0.15, 0.2) is 0 Å². The molecule has 0 bridgehead atoms. The summed E-state index contributed by atoms with van der Waals surface area (Å²) in [5.41, 5.74) is 2.29. The Hall–Kier alpha value is -1.77. The van der Waals surface area contributed by atoms with Gasteiger partial charge in [-0.1, -0.05) is 13.0 Å². The minimum Gasteiger partial charge on any atom is -0.496 e. The van der Waals surface area contributed by atoms with Crippen molar-refractivity contribution in [2.45, 2.75) is 20.3 Å². The van der Waals surface area contributed by atoms with Gasteiger partial charge >= 0.3 is 5.97 Å². The van der Waals surface area contributed by atoms with Gasteiger partial charge in [-0.25, -0.2) is 4.79 Å². The first-order valence-corrected chi connectivity index (χ1v) is 5.17. The summed E-state index contributed by atoms with van der Waals surface area (Å²) in [7, 11) is 1.63. The number of carboxylic acids is 1. The minimum absolute atomic E-state index is 0.326. The van der Waals surface area contributed by atoms with Crippen LogP contribution >= 0.6 is 0 Å². The molecule has 1 rings (SSSR count). The first-order valence-electron chi connectivity index (χ1n) is 5.17. The molecule has 0 atom stereocenters. The third kappa shape index (κ3) is 2.86. The molecule has 0 aromatic heterocycles. The highest BCUT2D eigenvalue weighted by Gasteiger charge is 2.03. The van der Waals surface area contributed by atoms with Crippen LogP contribution in [0.1, 0.15) is 25.0 Å². The van der Waals surface area contributed by atoms with Crippen molar-refractivity contribution in [1.82, 2.24) is 0 Å². The van der Waals surface area contributed by atoms with E-state index in [0.717, 1.165) is 23.3 Å². The number of hydrogen-bond acceptors (Lipinski definition) is 2. The smallest absolute Gasteiger partial charge is 0.331 e. The van der Waals surface area contributed by atoms with Crippen LogP contribution in [-0.4, -0.2) is 18.2 Å². The largest absolute Gasteiger partial charge is 0.496 e. The summed E-state index contributed by atoms with van der Waals surface area (Å²) in [5, 5.41) is 8.78. The van der Waals surface area contributed by atoms with E-state index in [9.17, 15) is 4.79 Å². The highest BCUT2D eigenvalue weighted by molar-refractivity contribution is 5.91. The summed E-state index contributed by atoms with van der Waals surface area (Å²) in [6, 6.07) is 5.66. The number of carbonyl (C=O) groups is 1. The predicted molar refractivity (Wildman–Crippen MR) is 63.7 cm³/mol. The van der Waals surface area contributed by atoms with E-state index in [1.54, 1.807) is 20.1 Å². The molecule has 0 radical (unpaired) electrons. The van der Waals surface area contributed by atoms with Gasteiger partial charge in [0.2, 0.25) is 0 Å². The minimum atomic E-state index is -0.895. The zero-order valence-electron chi connectivity index (χ0n) is 9.78. The Labute approximate surface area is 95.4 Å². The second kappa shape index (κ2) is 5.35. The van der Waals surface area contributed by atoms with Gasteiger partial charge < -0.3 is 9.84 Å². The summed E-state index contributed by atoms with van der Waals surface area (Å²) in [5.74, 6) is -0.0542. The standard InChI is InChI=1S/C13H16O3/c1-4-11-8-10(5-6-12(11)16-3)7-9(2)13(14)15/h5-8H,4H2,1-3H3,(H,14,15)/b9-7+. The van der Waals surface area contributed by atoms with Gasteiger partial charge in [-0.3, -0.25) is 0 Å². The molecule has 0 amide bonds. The molecule has 0 spiro atoms. The van der Waals surface area contributed by atoms with Gasteiger partial charge in [0.05, 0.1) is 7.11 Å². The van der Waals surface area contributed by atoms with Crippen LogP contribution in [0.4, 0.5) is 0 Å². The van der Waals surface area contributed by atoms with E-state index in [1.807, 2.05) is 25.1 Å². The monoisotopic (exact) mass is 220 g/mol. The van der Waals surface area contributed by atoms with Crippen LogP contribution in [0.25, 0.3) is 6.08 Å². The van der Waals surface area contributed by atoms with Gasteiger partial charge in [-0.15, -0.1) is 0 Å². The van der Waals surface area contributed by atoms with Crippen molar-refractivity contribution < 1.29 is 14.6 Å². The molecule has 3 nitrogen and oxygen atoms in total. The molecule has 1 N–H and O–H groups in total. The van der Waals surface area contributed by atoms with Crippen molar-refractivity contribution in [1.29, 1.82) is 0 Å². The first-order chi connectivity index (χ1) is 7.58. The SMILES string of the molecule is CCc1cc(/C=C(\C)C(=O)O)ccc1OC. The quantitative estimate of drug-likeness (QED) is 0.793. The van der Waals surface area contributed by atoms with Crippen LogP contribution < -0.4 is 4.74 Å². The lowest BCUT2D eigenvalue weighted by atomic mass is 10.1. The molecule has 0 heterocycles. The topological polar surface area (TPSA) is 46.5 Å². The molecule has 0 fully saturated rings. The number of benzene rings is 1. The number of aryl methyl sites for hydroxylation is 1. The lowest BCUT2D eigenvalue weighted by molar-refractivity contribution is -0.132. The van der Waals surface area contributed by atoms with E-state index in [1.165, 1.54) is 0 Å². The molecular formula is C13H16O3. The van der Waals surface area contributed by atoms with Crippen LogP contribution in [0.5, 0.6) is 5.75 Å². The maximum Gasteiger partial charge on any atom is 0.331 e. The maximum absolute atomic E-state index is 10.7. The van der Waals surface area contributed by atoms with Gasteiger partial charge in [0, 0.05) is 5.57 Å². The molecule has 86 valence electrons. The fourth-order valence-electron chi connectivity index (χ4n) is 1.48. The molecule has 1 aromatic carbocycles. The Balaban J connectivity index is 3.09. The summed E-state index contributed by atoms with van der Waals surface area (Å²) in [6.07, 6.45) is 2.51. The van der Waals surface area contributed by atoms with Gasteiger partial charge in [-0.2, -0.15) is 0 Å². The van der Waals surface area contributed by atoms with Crippen LogP contribution in [-0.2, 0) is 11.2 Å². The van der Waals surface area contributed by atoms with Crippen molar-refractivity contribution in [2.75, 3.05) is 7.11 Å². The van der Waals surface area contributed by atoms with E-state index in [2.05, 4.69) is 0 Å². The molecule has 3 heteroatoms. The number of methoxy groups -OCH3 is 1. The number of ether oxygens (including phenoxy) is 1. The van der Waals surface area contributed by atoms with Crippen molar-refractivity contribution in [2.24, 2.45) is 0 Å². The van der Waals surface area contributed by atoms with E-state index in [0.29, 0.717) is 5.57 Å². The summed E-state index contributed by atoms with van der Waals surface area (Å²) in [4.78, 5) is 10.7. The Bertz CT molecular complexity index is 419. The van der Waals surface area contributed by atoms with Crippen LogP contribution in [0.3, 0.4) is 0 Å². The molecular weight excluding hydrogens is 204 g/mol. The van der Waals surface area contributed by atoms with E-state index >= 15 is 0 Å². The second-order valence-electron chi connectivity index (χ2n) is 3.56. The molecule has 1 aromatic rings. The average molecular weight is 220 g/mol. The molecule has 16 heavy (non-hydrogen) atoms. The van der Waals surface area contributed by atoms with Crippen molar-refractivity contribution in [3.8, 4) is 5.75 Å². The fourth-order valence-corrected chi connectivity index (χ4v) is 1.48. The zero-order chi connectivity index (χ0) is 12.1. The van der Waals surface area contributed by atoms with Gasteiger partial charge in [0.1, 0.15) is 5.75 Å². The highest BCUT2D eigenvalue weighted by Crippen LogP contribution is 2.21. The van der Waals surface area contributed by atoms with Gasteiger partial charge in [-0.05, 0) is 42.7 Å². The summed E-state index contributed by atoms with van der Waals surface area (Å²) >= 11 is 0. The fraction of sp³-hybridized carbons (Fsp3) is 0.308. The normalized spacial score (nSPS) is 11.3. The third-order valence-corrected chi connectivity index (χ3v) is 2.41. The lowest BCUT2D eigenvalue weighted by Crippen LogP contribution is -1.96. The zero-order valence-corrected chi connectivity index (χ0v) is 9.78. The summed E-state index contributed by atoms with van der Waals surface area (Å²) < 4.78 is 5.21. The van der Waals surface area contributed by atoms with Crippen molar-refractivity contribution in [3.05, 3.63) is 34.9 Å². The molecule has 0 saturated heterocycles. The highest BCUT2D eigenvalue weighted by atomic mass is 16.5. The molecule has 0 saturated carbocycles. The van der Waals surface area contributed by atoms with Crippen molar-refractivity contribution in [3.63, 3.8) is 0 Å². The third-order valence-electron chi connectivity index (χ3n) is 2.41. The second-order valence-corrected chi connectivity index (χ2v) is 3.56. The van der Waals surface area contributed by atoms with E-state index in [4.69, 9.17) is 9.84 Å². The van der Waals surface area contributed by atoms with Crippen LogP contribution in [0.2, 0.25) is 0 Å². The molecule has 0 aliphatic heterocycles. The van der Waals surface area contributed by atoms with Crippen LogP contribution in [0, 0.1) is 0 Å². The number of carboxylic acid groups (broad SMARTS) is 1. The maximum atomic E-state index is 10.7. The number of hydrogen-bond donors (Lipinski definition) is 1. The summed E-state index contributed by atoms with van der Waals surface area (Å²) in [6.45, 7) is 3.62. The Kier molecular flexibility index (Phi) is 4.11. The molecule has 0 unspecified atom stereocenters. The lowest BCUT2D eigenvalue weighted by Gasteiger charge is -2.07. The van der Waals surface area contributed by atoms with Crippen LogP contribution in [0.15, 0.2) is 23.8 Å². The van der Waals surface area contributed by atoms with Gasteiger partial charge in [0.25, 0.3) is 0 Å².